The lowest BCUT2D eigenvalue weighted by atomic mass is 10.4. The van der Waals surface area contributed by atoms with Crippen molar-refractivity contribution in [1.82, 2.24) is 19.8 Å². The number of aliphatic imine (C=N–C) groups is 1. The second kappa shape index (κ2) is 11.0. The Bertz CT molecular complexity index is 576. The van der Waals surface area contributed by atoms with E-state index in [0.29, 0.717) is 45.1 Å². The van der Waals surface area contributed by atoms with Crippen LogP contribution < -0.4 is 10.6 Å². The quantitative estimate of drug-likeness (QED) is 0.317. The number of guanidine groups is 1. The van der Waals surface area contributed by atoms with E-state index in [0.717, 1.165) is 37.4 Å². The second-order valence-corrected chi connectivity index (χ2v) is 9.67. The van der Waals surface area contributed by atoms with E-state index in [1.54, 1.807) is 16.1 Å². The first kappa shape index (κ1) is 21.3. The van der Waals surface area contributed by atoms with E-state index in [9.17, 15) is 13.2 Å². The Balaban J connectivity index is 1.71. The molecule has 2 rings (SSSR count). The first-order valence-corrected chi connectivity index (χ1v) is 12.1. The number of rotatable bonds is 9. The van der Waals surface area contributed by atoms with E-state index in [-0.39, 0.29) is 11.7 Å². The minimum atomic E-state index is -3.21. The molecule has 2 fully saturated rings. The molecular weight excluding hydrogens is 374 g/mol. The molecule has 2 heterocycles. The highest BCUT2D eigenvalue weighted by Crippen LogP contribution is 2.13. The number of likely N-dealkylation sites (tertiary alicyclic amines) is 1. The molecule has 150 valence electrons. The van der Waals surface area contributed by atoms with Crippen LogP contribution in [0.2, 0.25) is 0 Å². The molecule has 0 atom stereocenters. The van der Waals surface area contributed by atoms with Crippen LogP contribution in [0.15, 0.2) is 4.99 Å². The van der Waals surface area contributed by atoms with Gasteiger partial charge in [0.25, 0.3) is 0 Å². The lowest BCUT2D eigenvalue weighted by Crippen LogP contribution is -2.44. The Labute approximate surface area is 161 Å². The molecule has 2 saturated heterocycles. The van der Waals surface area contributed by atoms with Gasteiger partial charge in [-0.1, -0.05) is 0 Å². The summed E-state index contributed by atoms with van der Waals surface area (Å²) in [4.78, 5) is 17.9. The van der Waals surface area contributed by atoms with E-state index in [1.165, 1.54) is 0 Å². The summed E-state index contributed by atoms with van der Waals surface area (Å²) in [6.07, 6.45) is 2.43. The highest BCUT2D eigenvalue weighted by atomic mass is 32.2. The van der Waals surface area contributed by atoms with E-state index in [4.69, 9.17) is 0 Å². The Hall–Kier alpha value is -1.00. The van der Waals surface area contributed by atoms with E-state index >= 15 is 0 Å². The third kappa shape index (κ3) is 6.96. The number of hydrogen-bond acceptors (Lipinski definition) is 5. The molecule has 0 aromatic rings. The van der Waals surface area contributed by atoms with Gasteiger partial charge in [0.15, 0.2) is 5.96 Å². The van der Waals surface area contributed by atoms with Crippen LogP contribution in [0.25, 0.3) is 0 Å². The van der Waals surface area contributed by atoms with E-state index in [2.05, 4.69) is 15.6 Å². The van der Waals surface area contributed by atoms with E-state index in [1.807, 2.05) is 11.8 Å². The monoisotopic (exact) mass is 405 g/mol. The van der Waals surface area contributed by atoms with Gasteiger partial charge in [-0.05, 0) is 19.8 Å². The maximum atomic E-state index is 12.3. The Morgan fingerprint density at radius 3 is 2.65 bits per heavy atom. The molecule has 26 heavy (non-hydrogen) atoms. The van der Waals surface area contributed by atoms with Crippen molar-refractivity contribution in [3.63, 3.8) is 0 Å². The molecule has 0 radical (unpaired) electrons. The van der Waals surface area contributed by atoms with E-state index < -0.39 is 10.0 Å². The van der Waals surface area contributed by atoms with Crippen LogP contribution in [-0.2, 0) is 14.8 Å². The normalized spacial score (nSPS) is 19.8. The molecule has 0 bridgehead atoms. The van der Waals surface area contributed by atoms with Gasteiger partial charge in [-0.25, -0.2) is 12.7 Å². The number of amides is 1. The lowest BCUT2D eigenvalue weighted by Gasteiger charge is -2.25. The number of hydrogen-bond donors (Lipinski definition) is 2. The smallest absolute Gasteiger partial charge is 0.222 e. The minimum absolute atomic E-state index is 0.0738. The average molecular weight is 406 g/mol. The van der Waals surface area contributed by atoms with Crippen LogP contribution in [-0.4, -0.2) is 92.6 Å². The SMILES string of the molecule is CCNC(=NCCCN1CCCC1=O)NCCS(=O)(=O)N1CCSCC1. The molecule has 0 saturated carbocycles. The Kier molecular flexibility index (Phi) is 9.00. The van der Waals surface area contributed by atoms with Crippen LogP contribution in [0.5, 0.6) is 0 Å². The maximum Gasteiger partial charge on any atom is 0.222 e. The van der Waals surface area contributed by atoms with Crippen molar-refractivity contribution < 1.29 is 13.2 Å². The molecule has 0 unspecified atom stereocenters. The third-order valence-electron chi connectivity index (χ3n) is 4.39. The molecule has 0 aromatic heterocycles. The van der Waals surface area contributed by atoms with Gasteiger partial charge in [0, 0.05) is 63.7 Å². The fourth-order valence-electron chi connectivity index (χ4n) is 2.99. The van der Waals surface area contributed by atoms with Crippen molar-refractivity contribution >= 4 is 33.7 Å². The number of thioether (sulfide) groups is 1. The first-order chi connectivity index (χ1) is 12.5. The van der Waals surface area contributed by atoms with Gasteiger partial charge in [0.05, 0.1) is 5.75 Å². The van der Waals surface area contributed by atoms with Crippen LogP contribution in [0.1, 0.15) is 26.2 Å². The highest BCUT2D eigenvalue weighted by molar-refractivity contribution is 7.99. The van der Waals surface area contributed by atoms with Crippen molar-refractivity contribution in [3.8, 4) is 0 Å². The average Bonchev–Trinajstić information content (AvgIpc) is 3.04. The predicted molar refractivity (Wildman–Crippen MR) is 107 cm³/mol. The van der Waals surface area contributed by atoms with Crippen molar-refractivity contribution in [1.29, 1.82) is 0 Å². The van der Waals surface area contributed by atoms with Gasteiger partial charge in [0.1, 0.15) is 0 Å². The molecule has 0 spiro atoms. The van der Waals surface area contributed by atoms with Gasteiger partial charge in [-0.3, -0.25) is 9.79 Å². The first-order valence-electron chi connectivity index (χ1n) is 9.38. The van der Waals surface area contributed by atoms with Crippen molar-refractivity contribution in [2.24, 2.45) is 4.99 Å². The van der Waals surface area contributed by atoms with Crippen molar-refractivity contribution in [2.75, 3.05) is 63.1 Å². The standard InChI is InChI=1S/C16H31N5O3S2/c1-2-17-16(18-6-4-9-20-8-3-5-15(20)22)19-7-14-26(23,24)21-10-12-25-13-11-21/h2-14H2,1H3,(H2,17,18,19). The molecule has 2 N–H and O–H groups in total. The molecule has 10 heteroatoms. The molecule has 8 nitrogen and oxygen atoms in total. The fraction of sp³-hybridized carbons (Fsp3) is 0.875. The summed E-state index contributed by atoms with van der Waals surface area (Å²) >= 11 is 1.80. The summed E-state index contributed by atoms with van der Waals surface area (Å²) in [5.41, 5.74) is 0. The summed E-state index contributed by atoms with van der Waals surface area (Å²) in [5.74, 6) is 2.68. The van der Waals surface area contributed by atoms with Gasteiger partial charge in [-0.15, -0.1) is 0 Å². The summed E-state index contributed by atoms with van der Waals surface area (Å²) in [7, 11) is -3.21. The fourth-order valence-corrected chi connectivity index (χ4v) is 5.48. The zero-order chi connectivity index (χ0) is 18.8. The predicted octanol–water partition coefficient (Wildman–Crippen LogP) is -0.0674. The molecular formula is C16H31N5O3S2. The number of nitrogens with zero attached hydrogens (tertiary/aromatic N) is 3. The zero-order valence-corrected chi connectivity index (χ0v) is 17.2. The third-order valence-corrected chi connectivity index (χ3v) is 7.20. The summed E-state index contributed by atoms with van der Waals surface area (Å²) in [6.45, 7) is 6.44. The van der Waals surface area contributed by atoms with Gasteiger partial charge in [-0.2, -0.15) is 11.8 Å². The van der Waals surface area contributed by atoms with Crippen molar-refractivity contribution in [2.45, 2.75) is 26.2 Å². The van der Waals surface area contributed by atoms with Crippen LogP contribution in [0, 0.1) is 0 Å². The summed E-state index contributed by atoms with van der Waals surface area (Å²) < 4.78 is 26.3. The van der Waals surface area contributed by atoms with Crippen LogP contribution in [0.3, 0.4) is 0 Å². The summed E-state index contributed by atoms with van der Waals surface area (Å²) in [5, 5.41) is 6.23. The maximum absolute atomic E-state index is 12.3. The molecule has 2 aliphatic heterocycles. The number of sulfonamides is 1. The van der Waals surface area contributed by atoms with Crippen LogP contribution >= 0.6 is 11.8 Å². The molecule has 1 amide bonds. The van der Waals surface area contributed by atoms with Gasteiger partial charge < -0.3 is 15.5 Å². The number of nitrogens with one attached hydrogen (secondary N) is 2. The topological polar surface area (TPSA) is 94.1 Å². The zero-order valence-electron chi connectivity index (χ0n) is 15.6. The highest BCUT2D eigenvalue weighted by Gasteiger charge is 2.23. The van der Waals surface area contributed by atoms with Gasteiger partial charge in [0.2, 0.25) is 15.9 Å². The van der Waals surface area contributed by atoms with Crippen LogP contribution in [0.4, 0.5) is 0 Å². The molecule has 0 aliphatic carbocycles. The van der Waals surface area contributed by atoms with Gasteiger partial charge >= 0.3 is 0 Å². The minimum Gasteiger partial charge on any atom is -0.357 e. The number of carbonyl (C=O) groups excluding carboxylic acids is 1. The lowest BCUT2D eigenvalue weighted by molar-refractivity contribution is -0.127. The Morgan fingerprint density at radius 2 is 2.00 bits per heavy atom. The second-order valence-electron chi connectivity index (χ2n) is 6.35. The van der Waals surface area contributed by atoms with Crippen molar-refractivity contribution in [3.05, 3.63) is 0 Å². The molecule has 0 aromatic carbocycles. The summed E-state index contributed by atoms with van der Waals surface area (Å²) in [6, 6.07) is 0. The Morgan fingerprint density at radius 1 is 1.23 bits per heavy atom. The largest absolute Gasteiger partial charge is 0.357 e. The molecule has 2 aliphatic rings. The number of carbonyl (C=O) groups is 1.